The smallest absolute Gasteiger partial charge is 0.307 e. The van der Waals surface area contributed by atoms with Gasteiger partial charge >= 0.3 is 5.97 Å². The zero-order valence-electron chi connectivity index (χ0n) is 13.9. The van der Waals surface area contributed by atoms with Gasteiger partial charge in [-0.2, -0.15) is 0 Å². The van der Waals surface area contributed by atoms with E-state index >= 15 is 0 Å². The maximum atomic E-state index is 11.9. The van der Waals surface area contributed by atoms with Crippen LogP contribution < -0.4 is 5.32 Å². The molecule has 0 saturated carbocycles. The molecular formula is C19H20ClNO3S. The van der Waals surface area contributed by atoms with Gasteiger partial charge in [-0.1, -0.05) is 41.9 Å². The lowest BCUT2D eigenvalue weighted by molar-refractivity contribution is -0.148. The Kier molecular flexibility index (Phi) is 7.82. The summed E-state index contributed by atoms with van der Waals surface area (Å²) in [5.41, 5.74) is 0.895. The van der Waals surface area contributed by atoms with Crippen molar-refractivity contribution in [2.45, 2.75) is 24.3 Å². The summed E-state index contributed by atoms with van der Waals surface area (Å²) in [6.07, 6.45) is 0.261. The number of ether oxygens (including phenoxy) is 1. The van der Waals surface area contributed by atoms with Gasteiger partial charge in [0.1, 0.15) is 0 Å². The van der Waals surface area contributed by atoms with Crippen LogP contribution in [0.25, 0.3) is 0 Å². The van der Waals surface area contributed by atoms with Gasteiger partial charge in [0.2, 0.25) is 0 Å². The molecule has 132 valence electrons. The number of esters is 1. The molecule has 0 radical (unpaired) electrons. The van der Waals surface area contributed by atoms with Gasteiger partial charge in [-0.3, -0.25) is 9.59 Å². The summed E-state index contributed by atoms with van der Waals surface area (Å²) in [7, 11) is 0. The average Bonchev–Trinajstić information content (AvgIpc) is 2.61. The molecule has 0 aromatic heterocycles. The molecule has 0 bridgehead atoms. The van der Waals surface area contributed by atoms with E-state index in [1.807, 2.05) is 49.4 Å². The van der Waals surface area contributed by atoms with E-state index in [1.54, 1.807) is 23.9 Å². The van der Waals surface area contributed by atoms with Crippen LogP contribution in [-0.2, 0) is 14.3 Å². The Morgan fingerprint density at radius 3 is 2.64 bits per heavy atom. The van der Waals surface area contributed by atoms with E-state index in [-0.39, 0.29) is 30.9 Å². The van der Waals surface area contributed by atoms with Crippen LogP contribution in [0.15, 0.2) is 59.5 Å². The van der Waals surface area contributed by atoms with E-state index in [4.69, 9.17) is 16.3 Å². The van der Waals surface area contributed by atoms with Crippen molar-refractivity contribution in [3.8, 4) is 0 Å². The molecule has 0 saturated heterocycles. The summed E-state index contributed by atoms with van der Waals surface area (Å²) in [6, 6.07) is 16.9. The molecule has 2 aromatic carbocycles. The fourth-order valence-electron chi connectivity index (χ4n) is 2.13. The van der Waals surface area contributed by atoms with Crippen molar-refractivity contribution in [3.05, 3.63) is 65.2 Å². The summed E-state index contributed by atoms with van der Waals surface area (Å²) < 4.78 is 5.01. The molecule has 1 N–H and O–H groups in total. The molecule has 0 fully saturated rings. The Labute approximate surface area is 156 Å². The number of nitrogens with one attached hydrogen (secondary N) is 1. The second kappa shape index (κ2) is 10.1. The lowest BCUT2D eigenvalue weighted by Gasteiger charge is -2.14. The lowest BCUT2D eigenvalue weighted by atomic mass is 10.1. The zero-order chi connectivity index (χ0) is 18.1. The first kappa shape index (κ1) is 19.3. The van der Waals surface area contributed by atoms with E-state index in [9.17, 15) is 9.59 Å². The zero-order valence-corrected chi connectivity index (χ0v) is 15.5. The third kappa shape index (κ3) is 7.20. The lowest BCUT2D eigenvalue weighted by Crippen LogP contribution is -2.31. The Balaban J connectivity index is 1.66. The molecule has 2 rings (SSSR count). The van der Waals surface area contributed by atoms with Crippen LogP contribution in [0.3, 0.4) is 0 Å². The summed E-state index contributed by atoms with van der Waals surface area (Å²) >= 11 is 7.52. The first-order valence-electron chi connectivity index (χ1n) is 7.93. The number of rotatable bonds is 8. The number of benzene rings is 2. The molecule has 0 aliphatic heterocycles. The average molecular weight is 378 g/mol. The molecule has 0 unspecified atom stereocenters. The molecular weight excluding hydrogens is 358 g/mol. The van der Waals surface area contributed by atoms with Gasteiger partial charge in [-0.15, -0.1) is 11.8 Å². The highest BCUT2D eigenvalue weighted by molar-refractivity contribution is 7.99. The maximum absolute atomic E-state index is 11.9. The molecule has 0 heterocycles. The second-order valence-corrected chi connectivity index (χ2v) is 7.02. The number of amides is 1. The van der Waals surface area contributed by atoms with E-state index < -0.39 is 0 Å². The van der Waals surface area contributed by atoms with Crippen molar-refractivity contribution in [3.63, 3.8) is 0 Å². The predicted molar refractivity (Wildman–Crippen MR) is 101 cm³/mol. The maximum Gasteiger partial charge on any atom is 0.307 e. The molecule has 0 spiro atoms. The number of thioether (sulfide) groups is 1. The second-order valence-electron chi connectivity index (χ2n) is 5.42. The number of carbonyl (C=O) groups excluding carboxylic acids is 2. The largest absolute Gasteiger partial charge is 0.456 e. The van der Waals surface area contributed by atoms with Crippen molar-refractivity contribution in [2.24, 2.45) is 0 Å². The van der Waals surface area contributed by atoms with Gasteiger partial charge in [-0.25, -0.2) is 0 Å². The van der Waals surface area contributed by atoms with Crippen molar-refractivity contribution in [1.82, 2.24) is 5.32 Å². The van der Waals surface area contributed by atoms with Crippen LogP contribution in [0.2, 0.25) is 5.02 Å². The third-order valence-corrected chi connectivity index (χ3v) is 4.66. The Morgan fingerprint density at radius 1 is 1.16 bits per heavy atom. The minimum Gasteiger partial charge on any atom is -0.456 e. The molecule has 25 heavy (non-hydrogen) atoms. The van der Waals surface area contributed by atoms with Crippen LogP contribution in [0, 0.1) is 0 Å². The Bertz CT molecular complexity index is 709. The normalized spacial score (nSPS) is 11.6. The molecule has 2 aromatic rings. The SMILES string of the molecule is C[C@@H](NC(=O)COC(=O)CCSc1ccccc1)c1cccc(Cl)c1. The number of hydrogen-bond acceptors (Lipinski definition) is 4. The van der Waals surface area contributed by atoms with Crippen molar-refractivity contribution >= 4 is 35.2 Å². The van der Waals surface area contributed by atoms with Crippen molar-refractivity contribution < 1.29 is 14.3 Å². The van der Waals surface area contributed by atoms with Gasteiger partial charge in [0.25, 0.3) is 5.91 Å². The summed E-state index contributed by atoms with van der Waals surface area (Å²) in [6.45, 7) is 1.57. The highest BCUT2D eigenvalue weighted by Gasteiger charge is 2.12. The monoisotopic (exact) mass is 377 g/mol. The molecule has 1 amide bonds. The fraction of sp³-hybridized carbons (Fsp3) is 0.263. The van der Waals surface area contributed by atoms with Gasteiger partial charge in [0.05, 0.1) is 12.5 Å². The number of hydrogen-bond donors (Lipinski definition) is 1. The van der Waals surface area contributed by atoms with E-state index in [2.05, 4.69) is 5.32 Å². The van der Waals surface area contributed by atoms with Crippen LogP contribution >= 0.6 is 23.4 Å². The topological polar surface area (TPSA) is 55.4 Å². The molecule has 4 nitrogen and oxygen atoms in total. The summed E-state index contributed by atoms with van der Waals surface area (Å²) in [4.78, 5) is 24.7. The fourth-order valence-corrected chi connectivity index (χ4v) is 3.18. The minimum absolute atomic E-state index is 0.210. The van der Waals surface area contributed by atoms with Crippen molar-refractivity contribution in [2.75, 3.05) is 12.4 Å². The molecule has 6 heteroatoms. The van der Waals surface area contributed by atoms with E-state index in [0.717, 1.165) is 10.5 Å². The number of halogens is 1. The van der Waals surface area contributed by atoms with Crippen molar-refractivity contribution in [1.29, 1.82) is 0 Å². The minimum atomic E-state index is -0.381. The number of carbonyl (C=O) groups is 2. The predicted octanol–water partition coefficient (Wildman–Crippen LogP) is 4.24. The van der Waals surface area contributed by atoms with Gasteiger partial charge < -0.3 is 10.1 Å². The van der Waals surface area contributed by atoms with Gasteiger partial charge in [0.15, 0.2) is 6.61 Å². The molecule has 0 aliphatic carbocycles. The Hall–Kier alpha value is -1.98. The summed E-state index contributed by atoms with van der Waals surface area (Å²) in [5, 5.41) is 3.39. The molecule has 1 atom stereocenters. The van der Waals surface area contributed by atoms with Crippen LogP contribution in [0.5, 0.6) is 0 Å². The first-order valence-corrected chi connectivity index (χ1v) is 9.29. The van der Waals surface area contributed by atoms with Crippen LogP contribution in [0.4, 0.5) is 0 Å². The third-order valence-electron chi connectivity index (χ3n) is 3.41. The quantitative estimate of drug-likeness (QED) is 0.552. The molecule has 0 aliphatic rings. The Morgan fingerprint density at radius 2 is 1.92 bits per heavy atom. The van der Waals surface area contributed by atoms with Crippen LogP contribution in [0.1, 0.15) is 24.9 Å². The van der Waals surface area contributed by atoms with E-state index in [0.29, 0.717) is 10.8 Å². The van der Waals surface area contributed by atoms with Gasteiger partial charge in [-0.05, 0) is 36.8 Å². The van der Waals surface area contributed by atoms with Gasteiger partial charge in [0, 0.05) is 15.7 Å². The highest BCUT2D eigenvalue weighted by Crippen LogP contribution is 2.18. The first-order chi connectivity index (χ1) is 12.0. The van der Waals surface area contributed by atoms with Crippen LogP contribution in [-0.4, -0.2) is 24.2 Å². The summed E-state index contributed by atoms with van der Waals surface area (Å²) in [5.74, 6) is -0.103. The highest BCUT2D eigenvalue weighted by atomic mass is 35.5. The standard InChI is InChI=1S/C19H20ClNO3S/c1-14(15-6-5-7-16(20)12-15)21-18(22)13-24-19(23)10-11-25-17-8-3-2-4-9-17/h2-9,12,14H,10-11,13H2,1H3,(H,21,22)/t14-/m1/s1. The van der Waals surface area contributed by atoms with E-state index in [1.165, 1.54) is 0 Å².